The summed E-state index contributed by atoms with van der Waals surface area (Å²) in [5, 5.41) is 1.51. The highest BCUT2D eigenvalue weighted by Crippen LogP contribution is 2.23. The summed E-state index contributed by atoms with van der Waals surface area (Å²) in [6, 6.07) is 3.93. The van der Waals surface area contributed by atoms with E-state index in [4.69, 9.17) is 24.9 Å². The summed E-state index contributed by atoms with van der Waals surface area (Å²) in [5.74, 6) is -1.24. The molecule has 0 fully saturated rings. The summed E-state index contributed by atoms with van der Waals surface area (Å²) < 4.78 is 28.0. The Balaban J connectivity index is 0. The van der Waals surface area contributed by atoms with Gasteiger partial charge in [-0.15, -0.1) is 22.7 Å². The molecule has 4 heterocycles. The van der Waals surface area contributed by atoms with Gasteiger partial charge < -0.3 is 22.1 Å². The second-order valence-corrected chi connectivity index (χ2v) is 10.5. The van der Waals surface area contributed by atoms with Crippen molar-refractivity contribution in [2.75, 3.05) is 18.6 Å². The van der Waals surface area contributed by atoms with Gasteiger partial charge in [-0.3, -0.25) is 4.79 Å². The van der Waals surface area contributed by atoms with E-state index in [9.17, 15) is 13.2 Å². The van der Waals surface area contributed by atoms with Crippen molar-refractivity contribution in [3.05, 3.63) is 34.3 Å². The van der Waals surface area contributed by atoms with E-state index in [0.717, 1.165) is 27.6 Å². The fraction of sp³-hybridized carbons (Fsp3) is 0.211. The lowest BCUT2D eigenvalue weighted by Crippen LogP contribution is -2.19. The van der Waals surface area contributed by atoms with E-state index in [2.05, 4.69) is 30.7 Å². The molecule has 37 heavy (non-hydrogen) atoms. The van der Waals surface area contributed by atoms with E-state index in [1.54, 1.807) is 17.5 Å². The Morgan fingerprint density at radius 3 is 1.84 bits per heavy atom. The number of aromatic nitrogens is 4. The maximum Gasteiger partial charge on any atom is 0.373 e. The van der Waals surface area contributed by atoms with Crippen LogP contribution in [0.25, 0.3) is 20.4 Å². The maximum atomic E-state index is 11.8. The Hall–Kier alpha value is -4.02. The van der Waals surface area contributed by atoms with Gasteiger partial charge in [0.1, 0.15) is 9.66 Å². The number of methoxy groups -OCH3 is 1. The first-order valence-electron chi connectivity index (χ1n) is 9.01. The molecule has 0 aromatic carbocycles. The zero-order chi connectivity index (χ0) is 26.6. The second-order valence-electron chi connectivity index (χ2n) is 6.12. The minimum Gasteiger partial charge on any atom is -0.468 e. The molecule has 0 saturated carbocycles. The summed E-state index contributed by atoms with van der Waals surface area (Å²) in [7, 11) is -2.71. The van der Waals surface area contributed by atoms with E-state index >= 15 is 0 Å². The monoisotopic (exact) mass is 574 g/mol. The number of fused-ring (bicyclic) bond motifs is 2. The molecule has 0 aliphatic heterocycles. The number of ether oxygens (including phenoxy) is 1. The van der Waals surface area contributed by atoms with Crippen molar-refractivity contribution >= 4 is 77.2 Å². The van der Waals surface area contributed by atoms with Gasteiger partial charge in [0.15, 0.2) is 5.75 Å². The van der Waals surface area contributed by atoms with Crippen LogP contribution in [-0.2, 0) is 38.5 Å². The largest absolute Gasteiger partial charge is 0.468 e. The molecule has 15 nitrogen and oxygen atoms in total. The normalized spacial score (nSPS) is 9.27. The lowest BCUT2D eigenvalue weighted by atomic mass is 10.4. The number of nitrogens with zero attached hydrogens (tertiary/aromatic N) is 4. The number of carbonyl (C=O) groups excluding carboxylic acids is 5. The molecular formula is C19H22N6O9S3. The maximum absolute atomic E-state index is 11.8. The third kappa shape index (κ3) is 11.1. The second kappa shape index (κ2) is 16.6. The van der Waals surface area contributed by atoms with Crippen LogP contribution < -0.4 is 11.9 Å². The number of nitrogens with two attached hydrogens (primary N) is 1. The molecule has 4 aromatic rings. The van der Waals surface area contributed by atoms with E-state index in [0.29, 0.717) is 10.8 Å². The first-order chi connectivity index (χ1) is 16.5. The molecule has 0 unspecified atom stereocenters. The molecular weight excluding hydrogens is 552 g/mol. The van der Waals surface area contributed by atoms with Gasteiger partial charge in [-0.05, 0) is 26.0 Å². The molecule has 0 saturated heterocycles. The fourth-order valence-corrected chi connectivity index (χ4v) is 5.11. The first-order valence-corrected chi connectivity index (χ1v) is 12.3. The lowest BCUT2D eigenvalue weighted by molar-refractivity contribution is -0.193. The molecule has 0 amide bonds. The van der Waals surface area contributed by atoms with E-state index in [1.165, 1.54) is 22.4 Å². The number of aryl methyl sites for hydroxylation is 2. The van der Waals surface area contributed by atoms with Gasteiger partial charge in [-0.2, -0.15) is 19.2 Å². The van der Waals surface area contributed by atoms with Crippen LogP contribution in [0.5, 0.6) is 0 Å². The number of carbonyl (C=O) groups is 1. The molecule has 0 bridgehead atoms. The van der Waals surface area contributed by atoms with Crippen molar-refractivity contribution in [3.8, 4) is 0 Å². The summed E-state index contributed by atoms with van der Waals surface area (Å²) in [6.45, 7) is 3.94. The highest BCUT2D eigenvalue weighted by atomic mass is 32.2. The molecule has 7 N–H and O–H groups in total. The minimum absolute atomic E-state index is 0. The molecule has 200 valence electrons. The Morgan fingerprint density at radius 1 is 0.946 bits per heavy atom. The van der Waals surface area contributed by atoms with Crippen LogP contribution in [0.3, 0.4) is 0 Å². The Bertz CT molecular complexity index is 1480. The molecule has 0 atom stereocenters. The van der Waals surface area contributed by atoms with Crippen LogP contribution in [0.1, 0.15) is 9.75 Å². The number of thiophene rings is 2. The summed E-state index contributed by atoms with van der Waals surface area (Å²) >= 11 is 3.01. The number of nitrogen functional groups attached to an aromatic ring is 1. The molecule has 0 aliphatic rings. The van der Waals surface area contributed by atoms with Gasteiger partial charge in [0, 0.05) is 32.9 Å². The Kier molecular flexibility index (Phi) is 15.8. The van der Waals surface area contributed by atoms with Gasteiger partial charge in [0.05, 0.1) is 7.11 Å². The zero-order valence-electron chi connectivity index (χ0n) is 19.6. The molecule has 0 spiro atoms. The zero-order valence-corrected chi connectivity index (χ0v) is 22.0. The summed E-state index contributed by atoms with van der Waals surface area (Å²) in [6.07, 6.45) is 3.69. The van der Waals surface area contributed by atoms with Gasteiger partial charge in [-0.1, -0.05) is 0 Å². The first kappa shape index (κ1) is 35.1. The molecule has 4 rings (SSSR count). The Labute approximate surface area is 217 Å². The average Bonchev–Trinajstić information content (AvgIpc) is 3.34. The predicted molar refractivity (Wildman–Crippen MR) is 131 cm³/mol. The van der Waals surface area contributed by atoms with Crippen molar-refractivity contribution in [2.24, 2.45) is 0 Å². The van der Waals surface area contributed by atoms with Crippen LogP contribution in [0.2, 0.25) is 0 Å². The van der Waals surface area contributed by atoms with Crippen LogP contribution in [0, 0.1) is 13.8 Å². The van der Waals surface area contributed by atoms with Gasteiger partial charge in [0.2, 0.25) is 20.9 Å². The third-order valence-corrected chi connectivity index (χ3v) is 6.89. The SMILES string of the molecule is COC(=O)CS(=O)(=O)c1ncc2cc(C)sc2n1.Cc1cc2cnc(N)nc2s1.N.O.O=C=O.O=C=O. The quantitative estimate of drug-likeness (QED) is 0.252. The highest BCUT2D eigenvalue weighted by Gasteiger charge is 2.23. The number of hydrogen-bond acceptors (Lipinski definition) is 16. The third-order valence-electron chi connectivity index (χ3n) is 3.60. The highest BCUT2D eigenvalue weighted by molar-refractivity contribution is 7.91. The number of hydrogen-bond donors (Lipinski definition) is 2. The number of sulfone groups is 1. The summed E-state index contributed by atoms with van der Waals surface area (Å²) in [4.78, 5) is 63.0. The van der Waals surface area contributed by atoms with E-state index in [-0.39, 0.29) is 29.1 Å². The van der Waals surface area contributed by atoms with Crippen LogP contribution in [-0.4, -0.2) is 65.0 Å². The standard InChI is InChI=1S/C10H10N2O4S2.C7H7N3S.2CO2.H3N.H2O/c1-6-3-7-4-11-10(12-9(7)17-6)18(14,15)5-8(13)16-2;1-4-2-5-3-9-7(8)10-6(5)11-4;2*2-1-3;;/h3-4H,5H2,1-2H3;2-3H,1H3,(H2,8,9,10);;;1H3;1H2. The minimum atomic E-state index is -3.84. The van der Waals surface area contributed by atoms with Crippen molar-refractivity contribution < 1.29 is 42.6 Å². The van der Waals surface area contributed by atoms with Crippen molar-refractivity contribution in [2.45, 2.75) is 19.0 Å². The van der Waals surface area contributed by atoms with Crippen molar-refractivity contribution in [3.63, 3.8) is 0 Å². The smallest absolute Gasteiger partial charge is 0.373 e. The molecule has 18 heteroatoms. The van der Waals surface area contributed by atoms with Crippen molar-refractivity contribution in [1.29, 1.82) is 0 Å². The van der Waals surface area contributed by atoms with E-state index < -0.39 is 21.6 Å². The van der Waals surface area contributed by atoms with Crippen molar-refractivity contribution in [1.82, 2.24) is 26.1 Å². The van der Waals surface area contributed by atoms with Gasteiger partial charge in [0.25, 0.3) is 0 Å². The topological polar surface area (TPSA) is 273 Å². The number of esters is 1. The Morgan fingerprint density at radius 2 is 1.38 bits per heavy atom. The molecule has 4 aromatic heterocycles. The number of rotatable bonds is 3. The van der Waals surface area contributed by atoms with Gasteiger partial charge >= 0.3 is 18.3 Å². The molecule has 0 aliphatic carbocycles. The molecule has 0 radical (unpaired) electrons. The number of anilines is 1. The van der Waals surface area contributed by atoms with E-state index in [1.807, 2.05) is 19.9 Å². The fourth-order valence-electron chi connectivity index (χ4n) is 2.34. The average molecular weight is 575 g/mol. The summed E-state index contributed by atoms with van der Waals surface area (Å²) in [5.41, 5.74) is 5.42. The lowest BCUT2D eigenvalue weighted by Gasteiger charge is -2.01. The van der Waals surface area contributed by atoms with Gasteiger partial charge in [-0.25, -0.2) is 28.4 Å². The van der Waals surface area contributed by atoms with Crippen LogP contribution >= 0.6 is 22.7 Å². The van der Waals surface area contributed by atoms with Crippen LogP contribution in [0.15, 0.2) is 29.7 Å². The predicted octanol–water partition coefficient (Wildman–Crippen LogP) is 0.699. The van der Waals surface area contributed by atoms with Crippen LogP contribution in [0.4, 0.5) is 5.95 Å².